The van der Waals surface area contributed by atoms with Gasteiger partial charge >= 0.3 is 0 Å². The van der Waals surface area contributed by atoms with Crippen molar-refractivity contribution in [2.24, 2.45) is 0 Å². The number of hydrogen-bond acceptors (Lipinski definition) is 4. The molecular formula is C14H17BrN2O2S2. The van der Waals surface area contributed by atoms with Crippen molar-refractivity contribution in [3.8, 4) is 0 Å². The molecule has 1 aromatic heterocycles. The van der Waals surface area contributed by atoms with E-state index in [1.54, 1.807) is 35.6 Å². The van der Waals surface area contributed by atoms with E-state index in [1.165, 1.54) is 4.88 Å². The zero-order chi connectivity index (χ0) is 15.3. The predicted octanol–water partition coefficient (Wildman–Crippen LogP) is 2.89. The molecule has 4 nitrogen and oxygen atoms in total. The lowest BCUT2D eigenvalue weighted by Gasteiger charge is -2.07. The van der Waals surface area contributed by atoms with E-state index in [2.05, 4.69) is 26.0 Å². The topological polar surface area (TPSA) is 58.2 Å². The lowest BCUT2D eigenvalue weighted by molar-refractivity contribution is 0.576. The van der Waals surface area contributed by atoms with Gasteiger partial charge in [-0.25, -0.2) is 13.1 Å². The first-order valence-electron chi connectivity index (χ1n) is 6.49. The summed E-state index contributed by atoms with van der Waals surface area (Å²) in [4.78, 5) is 1.51. The van der Waals surface area contributed by atoms with Gasteiger partial charge in [-0.15, -0.1) is 11.3 Å². The largest absolute Gasteiger partial charge is 0.311 e. The highest BCUT2D eigenvalue weighted by molar-refractivity contribution is 9.11. The van der Waals surface area contributed by atoms with Gasteiger partial charge in [-0.1, -0.05) is 17.7 Å². The van der Waals surface area contributed by atoms with Crippen molar-refractivity contribution in [2.75, 3.05) is 13.1 Å². The van der Waals surface area contributed by atoms with Crippen molar-refractivity contribution in [3.63, 3.8) is 0 Å². The fourth-order valence-corrected chi connectivity index (χ4v) is 4.22. The summed E-state index contributed by atoms with van der Waals surface area (Å²) < 4.78 is 27.8. The van der Waals surface area contributed by atoms with Crippen LogP contribution in [0.25, 0.3) is 0 Å². The molecule has 0 radical (unpaired) electrons. The van der Waals surface area contributed by atoms with Crippen molar-refractivity contribution in [3.05, 3.63) is 50.6 Å². The molecule has 0 aliphatic heterocycles. The molecule has 0 fully saturated rings. The highest BCUT2D eigenvalue weighted by Gasteiger charge is 2.12. The normalized spacial score (nSPS) is 11.7. The Labute approximate surface area is 137 Å². The van der Waals surface area contributed by atoms with Crippen LogP contribution in [0, 0.1) is 6.92 Å². The summed E-state index contributed by atoms with van der Waals surface area (Å²) in [6, 6.07) is 10.9. The molecule has 114 valence electrons. The molecule has 7 heteroatoms. The Kier molecular flexibility index (Phi) is 5.95. The van der Waals surface area contributed by atoms with Gasteiger partial charge in [0.2, 0.25) is 10.0 Å². The van der Waals surface area contributed by atoms with Gasteiger partial charge in [0.05, 0.1) is 8.68 Å². The molecule has 0 aliphatic carbocycles. The molecule has 0 bridgehead atoms. The second kappa shape index (κ2) is 7.51. The number of benzene rings is 1. The fraction of sp³-hybridized carbons (Fsp3) is 0.286. The van der Waals surface area contributed by atoms with Gasteiger partial charge in [-0.2, -0.15) is 0 Å². The van der Waals surface area contributed by atoms with Crippen LogP contribution in [0.1, 0.15) is 10.4 Å². The Hall–Kier alpha value is -0.730. The molecule has 0 aliphatic rings. The highest BCUT2D eigenvalue weighted by Crippen LogP contribution is 2.21. The summed E-state index contributed by atoms with van der Waals surface area (Å²) in [6.07, 6.45) is 0. The molecule has 0 saturated carbocycles. The lowest BCUT2D eigenvalue weighted by Crippen LogP contribution is -2.31. The van der Waals surface area contributed by atoms with Crippen molar-refractivity contribution in [2.45, 2.75) is 18.4 Å². The van der Waals surface area contributed by atoms with Gasteiger partial charge in [-0.3, -0.25) is 0 Å². The number of nitrogens with one attached hydrogen (secondary N) is 2. The molecule has 0 spiro atoms. The second-order valence-electron chi connectivity index (χ2n) is 4.59. The number of hydrogen-bond donors (Lipinski definition) is 2. The standard InChI is InChI=1S/C14H17BrN2O2S2/c1-11-2-5-13(6-3-11)21(18,19)17-9-8-16-10-12-4-7-14(15)20-12/h2-7,16-17H,8-10H2,1H3. The first kappa shape index (κ1) is 16.6. The van der Waals surface area contributed by atoms with Gasteiger partial charge in [0, 0.05) is 24.5 Å². The molecule has 21 heavy (non-hydrogen) atoms. The molecule has 0 amide bonds. The van der Waals surface area contributed by atoms with Crippen LogP contribution in [0.3, 0.4) is 0 Å². The average molecular weight is 389 g/mol. The minimum absolute atomic E-state index is 0.301. The van der Waals surface area contributed by atoms with Crippen molar-refractivity contribution < 1.29 is 8.42 Å². The van der Waals surface area contributed by atoms with Gasteiger partial charge < -0.3 is 5.32 Å². The Morgan fingerprint density at radius 3 is 2.43 bits per heavy atom. The van der Waals surface area contributed by atoms with Crippen LogP contribution < -0.4 is 10.0 Å². The quantitative estimate of drug-likeness (QED) is 0.716. The minimum atomic E-state index is -3.41. The molecule has 2 rings (SSSR count). The SMILES string of the molecule is Cc1ccc(S(=O)(=O)NCCNCc2ccc(Br)s2)cc1. The number of halogens is 1. The summed E-state index contributed by atoms with van der Waals surface area (Å²) >= 11 is 5.08. The van der Waals surface area contributed by atoms with E-state index in [4.69, 9.17) is 0 Å². The summed E-state index contributed by atoms with van der Waals surface area (Å²) in [6.45, 7) is 3.61. The lowest BCUT2D eigenvalue weighted by atomic mass is 10.2. The highest BCUT2D eigenvalue weighted by atomic mass is 79.9. The molecule has 0 atom stereocenters. The Bertz CT molecular complexity index is 681. The summed E-state index contributed by atoms with van der Waals surface area (Å²) in [5.41, 5.74) is 1.04. The Morgan fingerprint density at radius 1 is 1.10 bits per heavy atom. The molecule has 0 saturated heterocycles. The molecular weight excluding hydrogens is 372 g/mol. The first-order valence-corrected chi connectivity index (χ1v) is 9.58. The fourth-order valence-electron chi connectivity index (χ4n) is 1.73. The minimum Gasteiger partial charge on any atom is -0.311 e. The van der Waals surface area contributed by atoms with Crippen LogP contribution in [0.2, 0.25) is 0 Å². The third-order valence-corrected chi connectivity index (χ3v) is 5.95. The van der Waals surface area contributed by atoms with E-state index in [-0.39, 0.29) is 0 Å². The maximum atomic E-state index is 12.0. The second-order valence-corrected chi connectivity index (χ2v) is 8.91. The number of rotatable bonds is 7. The summed E-state index contributed by atoms with van der Waals surface area (Å²) in [5, 5.41) is 3.21. The van der Waals surface area contributed by atoms with E-state index in [0.717, 1.165) is 15.9 Å². The van der Waals surface area contributed by atoms with E-state index < -0.39 is 10.0 Å². The van der Waals surface area contributed by atoms with Gasteiger partial charge in [-0.05, 0) is 47.1 Å². The third kappa shape index (κ3) is 5.19. The third-order valence-electron chi connectivity index (χ3n) is 2.85. The van der Waals surface area contributed by atoms with Crippen LogP contribution in [-0.2, 0) is 16.6 Å². The summed E-state index contributed by atoms with van der Waals surface area (Å²) in [5.74, 6) is 0. The smallest absolute Gasteiger partial charge is 0.240 e. The molecule has 2 N–H and O–H groups in total. The molecule has 0 unspecified atom stereocenters. The van der Waals surface area contributed by atoms with Crippen LogP contribution in [0.4, 0.5) is 0 Å². The van der Waals surface area contributed by atoms with Crippen molar-refractivity contribution in [1.82, 2.24) is 10.0 Å². The van der Waals surface area contributed by atoms with Crippen LogP contribution in [-0.4, -0.2) is 21.5 Å². The van der Waals surface area contributed by atoms with Gasteiger partial charge in [0.15, 0.2) is 0 Å². The van der Waals surface area contributed by atoms with Gasteiger partial charge in [0.25, 0.3) is 0 Å². The van der Waals surface area contributed by atoms with Crippen molar-refractivity contribution >= 4 is 37.3 Å². The van der Waals surface area contributed by atoms with Crippen molar-refractivity contribution in [1.29, 1.82) is 0 Å². The van der Waals surface area contributed by atoms with E-state index >= 15 is 0 Å². The number of sulfonamides is 1. The molecule has 2 aromatic rings. The van der Waals surface area contributed by atoms with E-state index in [1.807, 2.05) is 19.1 Å². The average Bonchev–Trinajstić information content (AvgIpc) is 2.84. The van der Waals surface area contributed by atoms with E-state index in [9.17, 15) is 8.42 Å². The Balaban J connectivity index is 1.76. The number of thiophene rings is 1. The maximum absolute atomic E-state index is 12.0. The zero-order valence-corrected chi connectivity index (χ0v) is 14.8. The Morgan fingerprint density at radius 2 is 1.81 bits per heavy atom. The van der Waals surface area contributed by atoms with Crippen LogP contribution >= 0.6 is 27.3 Å². The summed E-state index contributed by atoms with van der Waals surface area (Å²) in [7, 11) is -3.41. The monoisotopic (exact) mass is 388 g/mol. The number of aryl methyl sites for hydroxylation is 1. The van der Waals surface area contributed by atoms with Crippen LogP contribution in [0.15, 0.2) is 45.1 Å². The van der Waals surface area contributed by atoms with Crippen LogP contribution in [0.5, 0.6) is 0 Å². The van der Waals surface area contributed by atoms with E-state index in [0.29, 0.717) is 18.0 Å². The zero-order valence-electron chi connectivity index (χ0n) is 11.6. The molecule has 1 aromatic carbocycles. The van der Waals surface area contributed by atoms with Gasteiger partial charge in [0.1, 0.15) is 0 Å². The maximum Gasteiger partial charge on any atom is 0.240 e. The predicted molar refractivity (Wildman–Crippen MR) is 90.1 cm³/mol. The first-order chi connectivity index (χ1) is 9.97. The molecule has 1 heterocycles.